The van der Waals surface area contributed by atoms with Crippen molar-refractivity contribution in [3.8, 4) is 0 Å². The third kappa shape index (κ3) is 4.16. The first-order valence-corrected chi connectivity index (χ1v) is 11.6. The first kappa shape index (κ1) is 20.7. The quantitative estimate of drug-likeness (QED) is 0.678. The molecule has 1 aliphatic heterocycles. The zero-order valence-electron chi connectivity index (χ0n) is 17.2. The van der Waals surface area contributed by atoms with E-state index in [0.29, 0.717) is 60.3 Å². The molecule has 0 bridgehead atoms. The topological polar surface area (TPSA) is 86.4 Å². The molecule has 1 aromatic heterocycles. The molecule has 1 saturated heterocycles. The van der Waals surface area contributed by atoms with Crippen molar-refractivity contribution in [3.63, 3.8) is 0 Å². The van der Waals surface area contributed by atoms with Crippen molar-refractivity contribution in [2.24, 2.45) is 0 Å². The molecule has 158 valence electrons. The Morgan fingerprint density at radius 3 is 2.33 bits per heavy atom. The Balaban J connectivity index is 1.43. The zero-order valence-corrected chi connectivity index (χ0v) is 18.0. The lowest BCUT2D eigenvalue weighted by molar-refractivity contribution is 0.178. The van der Waals surface area contributed by atoms with Crippen molar-refractivity contribution in [1.82, 2.24) is 19.2 Å². The zero-order chi connectivity index (χ0) is 21.3. The third-order valence-corrected chi connectivity index (χ3v) is 7.46. The number of para-hydroxylation sites is 1. The van der Waals surface area contributed by atoms with Crippen LogP contribution in [-0.2, 0) is 16.6 Å². The van der Waals surface area contributed by atoms with Crippen molar-refractivity contribution in [2.75, 3.05) is 26.2 Å². The van der Waals surface area contributed by atoms with E-state index in [4.69, 9.17) is 0 Å². The first-order chi connectivity index (χ1) is 14.3. The van der Waals surface area contributed by atoms with Crippen molar-refractivity contribution in [3.05, 3.63) is 70.3 Å². The molecule has 2 heterocycles. The molecule has 8 heteroatoms. The Bertz CT molecular complexity index is 1200. The number of aromatic nitrogens is 2. The van der Waals surface area contributed by atoms with Gasteiger partial charge in [0.05, 0.1) is 22.3 Å². The number of hydrogen-bond acceptors (Lipinski definition) is 5. The maximum absolute atomic E-state index is 13.0. The molecule has 0 unspecified atom stereocenters. The summed E-state index contributed by atoms with van der Waals surface area (Å²) in [5.41, 5.74) is 1.64. The smallest absolute Gasteiger partial charge is 0.258 e. The molecule has 1 fully saturated rings. The minimum Gasteiger partial charge on any atom is -0.309 e. The van der Waals surface area contributed by atoms with Gasteiger partial charge in [-0.3, -0.25) is 9.69 Å². The number of nitrogens with one attached hydrogen (secondary N) is 1. The van der Waals surface area contributed by atoms with Gasteiger partial charge in [0.25, 0.3) is 5.56 Å². The normalized spacial score (nSPS) is 16.4. The summed E-state index contributed by atoms with van der Waals surface area (Å²) in [6.07, 6.45) is 0. The molecule has 1 aliphatic rings. The number of hydrogen-bond donors (Lipinski definition) is 1. The van der Waals surface area contributed by atoms with Gasteiger partial charge in [0.15, 0.2) is 0 Å². The predicted octanol–water partition coefficient (Wildman–Crippen LogP) is 2.55. The predicted molar refractivity (Wildman–Crippen MR) is 117 cm³/mol. The Hall–Kier alpha value is -2.55. The summed E-state index contributed by atoms with van der Waals surface area (Å²) in [4.78, 5) is 22.1. The molecule has 30 heavy (non-hydrogen) atoms. The standard InChI is InChI=1S/C22H26N4O3S/c1-16(2)17-7-9-18(10-8-17)30(28,29)26-13-11-25(12-14-26)15-21-23-20-6-4-3-5-19(20)22(27)24-21/h3-10,16H,11-15H2,1-2H3,(H,23,24,27). The van der Waals surface area contributed by atoms with Crippen LogP contribution in [0, 0.1) is 0 Å². The average molecular weight is 427 g/mol. The maximum atomic E-state index is 13.0. The summed E-state index contributed by atoms with van der Waals surface area (Å²) >= 11 is 0. The summed E-state index contributed by atoms with van der Waals surface area (Å²) in [5.74, 6) is 0.958. The average Bonchev–Trinajstić information content (AvgIpc) is 2.74. The van der Waals surface area contributed by atoms with Crippen molar-refractivity contribution < 1.29 is 8.42 Å². The summed E-state index contributed by atoms with van der Waals surface area (Å²) < 4.78 is 27.5. The highest BCUT2D eigenvalue weighted by Crippen LogP contribution is 2.21. The molecule has 1 N–H and O–H groups in total. The monoisotopic (exact) mass is 426 g/mol. The lowest BCUT2D eigenvalue weighted by atomic mass is 10.0. The maximum Gasteiger partial charge on any atom is 0.258 e. The van der Waals surface area contributed by atoms with Crippen molar-refractivity contribution >= 4 is 20.9 Å². The highest BCUT2D eigenvalue weighted by molar-refractivity contribution is 7.89. The fourth-order valence-electron chi connectivity index (χ4n) is 3.72. The molecule has 0 spiro atoms. The van der Waals surface area contributed by atoms with Crippen LogP contribution < -0.4 is 5.56 Å². The SMILES string of the molecule is CC(C)c1ccc(S(=O)(=O)N2CCN(Cc3nc4ccccc4c(=O)[nH]3)CC2)cc1. The summed E-state index contributed by atoms with van der Waals surface area (Å²) in [5, 5.41) is 0.570. The lowest BCUT2D eigenvalue weighted by Crippen LogP contribution is -2.48. The van der Waals surface area contributed by atoms with E-state index < -0.39 is 10.0 Å². The van der Waals surface area contributed by atoms with Crippen LogP contribution >= 0.6 is 0 Å². The van der Waals surface area contributed by atoms with Crippen LogP contribution in [0.5, 0.6) is 0 Å². The molecular formula is C22H26N4O3S. The van der Waals surface area contributed by atoms with Crippen LogP contribution in [0.15, 0.2) is 58.2 Å². The van der Waals surface area contributed by atoms with E-state index in [2.05, 4.69) is 28.7 Å². The highest BCUT2D eigenvalue weighted by atomic mass is 32.2. The Morgan fingerprint density at radius 1 is 1.00 bits per heavy atom. The van der Waals surface area contributed by atoms with Crippen LogP contribution in [0.2, 0.25) is 0 Å². The van der Waals surface area contributed by atoms with E-state index in [0.717, 1.165) is 5.56 Å². The second kappa shape index (κ2) is 8.29. The third-order valence-electron chi connectivity index (χ3n) is 5.55. The largest absolute Gasteiger partial charge is 0.309 e. The molecule has 3 aromatic rings. The summed E-state index contributed by atoms with van der Waals surface area (Å²) in [7, 11) is -3.50. The van der Waals surface area contributed by atoms with Crippen molar-refractivity contribution in [2.45, 2.75) is 31.2 Å². The van der Waals surface area contributed by atoms with E-state index in [9.17, 15) is 13.2 Å². The number of piperazine rings is 1. The second-order valence-electron chi connectivity index (χ2n) is 7.93. The fourth-order valence-corrected chi connectivity index (χ4v) is 5.15. The van der Waals surface area contributed by atoms with Gasteiger partial charge in [-0.15, -0.1) is 0 Å². The van der Waals surface area contributed by atoms with E-state index in [-0.39, 0.29) is 5.56 Å². The van der Waals surface area contributed by atoms with Crippen LogP contribution in [0.25, 0.3) is 10.9 Å². The molecular weight excluding hydrogens is 400 g/mol. The highest BCUT2D eigenvalue weighted by Gasteiger charge is 2.28. The van der Waals surface area contributed by atoms with Crippen LogP contribution in [0.1, 0.15) is 31.2 Å². The number of fused-ring (bicyclic) bond motifs is 1. The van der Waals surface area contributed by atoms with E-state index in [1.165, 1.54) is 4.31 Å². The Morgan fingerprint density at radius 2 is 1.67 bits per heavy atom. The van der Waals surface area contributed by atoms with E-state index in [1.54, 1.807) is 18.2 Å². The molecule has 7 nitrogen and oxygen atoms in total. The minimum atomic E-state index is -3.50. The van der Waals surface area contributed by atoms with Crippen molar-refractivity contribution in [1.29, 1.82) is 0 Å². The fraction of sp³-hybridized carbons (Fsp3) is 0.364. The summed E-state index contributed by atoms with van der Waals surface area (Å²) in [6, 6.07) is 14.4. The molecule has 0 saturated carbocycles. The molecule has 0 atom stereocenters. The molecule has 4 rings (SSSR count). The van der Waals surface area contributed by atoms with Gasteiger partial charge in [-0.05, 0) is 35.7 Å². The number of H-pyrrole nitrogens is 1. The number of rotatable bonds is 5. The van der Waals surface area contributed by atoms with Gasteiger partial charge in [0, 0.05) is 26.2 Å². The van der Waals surface area contributed by atoms with Gasteiger partial charge in [0.2, 0.25) is 10.0 Å². The van der Waals surface area contributed by atoms with Gasteiger partial charge in [-0.1, -0.05) is 38.1 Å². The Kier molecular flexibility index (Phi) is 5.73. The molecule has 2 aromatic carbocycles. The van der Waals surface area contributed by atoms with Gasteiger partial charge in [0.1, 0.15) is 5.82 Å². The first-order valence-electron chi connectivity index (χ1n) is 10.1. The minimum absolute atomic E-state index is 0.151. The lowest BCUT2D eigenvalue weighted by Gasteiger charge is -2.33. The second-order valence-corrected chi connectivity index (χ2v) is 9.87. The van der Waals surface area contributed by atoms with Gasteiger partial charge < -0.3 is 4.98 Å². The molecule has 0 aliphatic carbocycles. The molecule has 0 amide bonds. The van der Waals surface area contributed by atoms with Crippen LogP contribution in [0.4, 0.5) is 0 Å². The van der Waals surface area contributed by atoms with Crippen LogP contribution in [-0.4, -0.2) is 53.8 Å². The van der Waals surface area contributed by atoms with Gasteiger partial charge in [-0.25, -0.2) is 13.4 Å². The van der Waals surface area contributed by atoms with E-state index in [1.807, 2.05) is 30.3 Å². The van der Waals surface area contributed by atoms with Gasteiger partial charge in [-0.2, -0.15) is 4.31 Å². The molecule has 0 radical (unpaired) electrons. The van der Waals surface area contributed by atoms with E-state index >= 15 is 0 Å². The van der Waals surface area contributed by atoms with Gasteiger partial charge >= 0.3 is 0 Å². The number of sulfonamides is 1. The number of benzene rings is 2. The summed E-state index contributed by atoms with van der Waals surface area (Å²) in [6.45, 7) is 6.63. The number of aromatic amines is 1. The number of nitrogens with zero attached hydrogens (tertiary/aromatic N) is 3. The Labute approximate surface area is 176 Å². The van der Waals surface area contributed by atoms with Crippen LogP contribution in [0.3, 0.4) is 0 Å².